The zero-order chi connectivity index (χ0) is 46.9. The average Bonchev–Trinajstić information content (AvgIpc) is 3.62. The summed E-state index contributed by atoms with van der Waals surface area (Å²) in [6, 6.07) is 10.5. The highest BCUT2D eigenvalue weighted by atomic mass is 16.6. The van der Waals surface area contributed by atoms with Gasteiger partial charge in [0.15, 0.2) is 12.3 Å². The van der Waals surface area contributed by atoms with E-state index in [-0.39, 0.29) is 32.2 Å². The van der Waals surface area contributed by atoms with E-state index in [2.05, 4.69) is 36.9 Å². The Morgan fingerprint density at radius 1 is 0.703 bits per heavy atom. The molecule has 64 heavy (non-hydrogen) atoms. The number of carbonyl (C=O) groups excluding carboxylic acids is 6. The summed E-state index contributed by atoms with van der Waals surface area (Å²) in [5.41, 5.74) is 0.491. The number of nitrogens with one attached hydrogen (secondary N) is 7. The number of rotatable bonds is 11. The predicted molar refractivity (Wildman–Crippen MR) is 233 cm³/mol. The molecule has 0 unspecified atom stereocenters. The first-order valence-electron chi connectivity index (χ1n) is 21.6. The van der Waals surface area contributed by atoms with Crippen LogP contribution in [0.25, 0.3) is 10.9 Å². The first-order valence-corrected chi connectivity index (χ1v) is 21.6. The van der Waals surface area contributed by atoms with E-state index in [4.69, 9.17) is 14.2 Å². The summed E-state index contributed by atoms with van der Waals surface area (Å²) >= 11 is 0. The van der Waals surface area contributed by atoms with Gasteiger partial charge >= 0.3 is 6.09 Å². The second kappa shape index (κ2) is 21.4. The zero-order valence-corrected chi connectivity index (χ0v) is 37.3. The Morgan fingerprint density at radius 2 is 1.31 bits per heavy atom. The van der Waals surface area contributed by atoms with E-state index in [0.29, 0.717) is 17.5 Å². The van der Waals surface area contributed by atoms with E-state index < -0.39 is 108 Å². The minimum atomic E-state index is -2.01. The van der Waals surface area contributed by atoms with Crippen molar-refractivity contribution in [1.82, 2.24) is 36.9 Å². The van der Waals surface area contributed by atoms with Crippen molar-refractivity contribution in [3.05, 3.63) is 71.9 Å². The number of hydrogen-bond acceptors (Lipinski definition) is 12. The third-order valence-electron chi connectivity index (χ3n) is 10.6. The lowest BCUT2D eigenvalue weighted by molar-refractivity contribution is -0.227. The van der Waals surface area contributed by atoms with Crippen LogP contribution < -0.4 is 31.9 Å². The maximum Gasteiger partial charge on any atom is 0.407 e. The number of aliphatic hydroxyl groups excluding tert-OH is 3. The van der Waals surface area contributed by atoms with Crippen molar-refractivity contribution in [1.29, 1.82) is 0 Å². The summed E-state index contributed by atoms with van der Waals surface area (Å²) < 4.78 is 17.2. The van der Waals surface area contributed by atoms with Gasteiger partial charge in [-0.2, -0.15) is 0 Å². The molecule has 2 aromatic carbocycles. The van der Waals surface area contributed by atoms with Gasteiger partial charge in [0.2, 0.25) is 23.6 Å². The van der Waals surface area contributed by atoms with Crippen LogP contribution in [0.15, 0.2) is 60.8 Å². The molecule has 2 aliphatic heterocycles. The SMILES string of the molecule is C[C@H](OC(C)(C)C)[C@@H]1NC(=O)[C@H](CCCCNC(=O)OC(C)(C)C)NC(=O)[C@@H](Cc2c[nH]c3ccccc23)NC(=O)[C@H](Cc2ccccc2)NC(=O)[C@H]2O[C@@H](NC1=O)[C@H](O)[C@@H](O)[C@@H]2O. The first-order chi connectivity index (χ1) is 30.1. The molecular formula is C45H63N7O12. The van der Waals surface area contributed by atoms with Gasteiger partial charge in [-0.05, 0) is 84.9 Å². The van der Waals surface area contributed by atoms with Crippen LogP contribution in [0.5, 0.6) is 0 Å². The molecule has 0 radical (unpaired) electrons. The molecule has 19 nitrogen and oxygen atoms in total. The molecule has 1 aromatic heterocycles. The molecule has 0 aliphatic carbocycles. The molecular weight excluding hydrogens is 831 g/mol. The molecule has 5 rings (SSSR count). The Morgan fingerprint density at radius 3 is 1.98 bits per heavy atom. The van der Waals surface area contributed by atoms with Crippen LogP contribution in [0.1, 0.15) is 78.9 Å². The minimum Gasteiger partial charge on any atom is -0.444 e. The van der Waals surface area contributed by atoms with Gasteiger partial charge in [0.25, 0.3) is 5.91 Å². The topological polar surface area (TPSA) is 279 Å². The molecule has 0 spiro atoms. The maximum atomic E-state index is 14.6. The second-order valence-electron chi connectivity index (χ2n) is 18.2. The Labute approximate surface area is 372 Å². The lowest BCUT2D eigenvalue weighted by Crippen LogP contribution is -2.68. The third kappa shape index (κ3) is 13.7. The number of benzene rings is 2. The van der Waals surface area contributed by atoms with Crippen LogP contribution in [-0.4, -0.2) is 135 Å². The number of aliphatic hydroxyl groups is 3. The van der Waals surface area contributed by atoms with Gasteiger partial charge < -0.3 is 66.4 Å². The molecule has 10 atom stereocenters. The van der Waals surface area contributed by atoms with E-state index in [1.54, 1.807) is 78.1 Å². The van der Waals surface area contributed by atoms with Crippen molar-refractivity contribution < 1.29 is 58.3 Å². The molecule has 2 fully saturated rings. The average molecular weight is 894 g/mol. The van der Waals surface area contributed by atoms with Crippen molar-refractivity contribution >= 4 is 46.5 Å². The number of alkyl carbamates (subject to hydrolysis) is 1. The molecule has 0 saturated carbocycles. The fourth-order valence-electron chi connectivity index (χ4n) is 7.56. The largest absolute Gasteiger partial charge is 0.444 e. The normalized spacial score (nSPS) is 27.0. The number of fused-ring (bicyclic) bond motifs is 3. The quantitative estimate of drug-likeness (QED) is 0.119. The summed E-state index contributed by atoms with van der Waals surface area (Å²) in [7, 11) is 0. The number of aromatic amines is 1. The van der Waals surface area contributed by atoms with Gasteiger partial charge in [-0.1, -0.05) is 48.5 Å². The molecule has 3 heterocycles. The van der Waals surface area contributed by atoms with Crippen molar-refractivity contribution in [2.24, 2.45) is 0 Å². The van der Waals surface area contributed by atoms with Gasteiger partial charge in [-0.25, -0.2) is 4.79 Å². The fraction of sp³-hybridized carbons (Fsp3) is 0.556. The fourth-order valence-corrected chi connectivity index (χ4v) is 7.56. The molecule has 2 saturated heterocycles. The number of unbranched alkanes of at least 4 members (excludes halogenated alkanes) is 1. The molecule has 6 amide bonds. The van der Waals surface area contributed by atoms with E-state index >= 15 is 0 Å². The van der Waals surface area contributed by atoms with Gasteiger partial charge in [-0.3, -0.25) is 24.0 Å². The summed E-state index contributed by atoms with van der Waals surface area (Å²) in [4.78, 5) is 87.1. The Kier molecular flexibility index (Phi) is 16.5. The Bertz CT molecular complexity index is 2100. The van der Waals surface area contributed by atoms with Crippen molar-refractivity contribution in [2.75, 3.05) is 6.54 Å². The standard InChI is InChI=1S/C45H63N7O12/c1-24(63-44(2,3)4)32-40(59)52-42-35(55)33(53)34(54)36(62-42)41(60)50-30(21-25-15-9-8-10-16-25)38(57)49-31(22-26-23-47-28-18-12-11-17-27(26)28)39(58)48-29(37(56)51-32)19-13-14-20-46-43(61)64-45(5,6)7/h8-12,15-18,23-24,29-36,42,47,53-55H,13-14,19-22H2,1-7H3,(H,46,61)(H,48,58)(H,49,57)(H,50,60)(H,51,56)(H,52,59)/t24-,29-,30-,31+,32-,33-,34-,35+,36-,42+/m0/s1. The highest BCUT2D eigenvalue weighted by Gasteiger charge is 2.49. The van der Waals surface area contributed by atoms with Crippen LogP contribution in [0.2, 0.25) is 0 Å². The summed E-state index contributed by atoms with van der Waals surface area (Å²) in [6.45, 7) is 12.1. The highest BCUT2D eigenvalue weighted by Crippen LogP contribution is 2.23. The van der Waals surface area contributed by atoms with Crippen molar-refractivity contribution in [3.8, 4) is 0 Å². The van der Waals surface area contributed by atoms with Crippen LogP contribution in [-0.2, 0) is 51.0 Å². The highest BCUT2D eigenvalue weighted by molar-refractivity contribution is 5.97. The van der Waals surface area contributed by atoms with E-state index in [1.807, 2.05) is 24.3 Å². The van der Waals surface area contributed by atoms with E-state index in [1.165, 1.54) is 6.92 Å². The number of carbonyl (C=O) groups is 6. The lowest BCUT2D eigenvalue weighted by atomic mass is 9.96. The van der Waals surface area contributed by atoms with Crippen LogP contribution in [0, 0.1) is 0 Å². The predicted octanol–water partition coefficient (Wildman–Crippen LogP) is 0.728. The smallest absolute Gasteiger partial charge is 0.407 e. The van der Waals surface area contributed by atoms with Crippen LogP contribution >= 0.6 is 0 Å². The second-order valence-corrected chi connectivity index (χ2v) is 18.2. The van der Waals surface area contributed by atoms with Crippen molar-refractivity contribution in [3.63, 3.8) is 0 Å². The maximum absolute atomic E-state index is 14.6. The van der Waals surface area contributed by atoms with Crippen molar-refractivity contribution in [2.45, 2.75) is 153 Å². The van der Waals surface area contributed by atoms with Crippen LogP contribution in [0.3, 0.4) is 0 Å². The Hall–Kier alpha value is -5.60. The number of hydrogen-bond donors (Lipinski definition) is 10. The lowest BCUT2D eigenvalue weighted by Gasteiger charge is -2.41. The number of aromatic nitrogens is 1. The molecule has 2 aliphatic rings. The van der Waals surface area contributed by atoms with Gasteiger partial charge in [0.1, 0.15) is 48.1 Å². The number of para-hydroxylation sites is 1. The van der Waals surface area contributed by atoms with Gasteiger partial charge in [0.05, 0.1) is 11.7 Å². The van der Waals surface area contributed by atoms with E-state index in [9.17, 15) is 44.1 Å². The summed E-state index contributed by atoms with van der Waals surface area (Å²) in [5.74, 6) is -4.40. The molecule has 2 bridgehead atoms. The van der Waals surface area contributed by atoms with Gasteiger partial charge in [0, 0.05) is 36.5 Å². The first kappa shape index (κ1) is 49.4. The molecule has 350 valence electrons. The monoisotopic (exact) mass is 893 g/mol. The summed E-state index contributed by atoms with van der Waals surface area (Å²) in [5, 5.41) is 49.7. The number of amides is 6. The third-order valence-corrected chi connectivity index (χ3v) is 10.6. The Balaban J connectivity index is 1.55. The number of ether oxygens (including phenoxy) is 3. The molecule has 19 heteroatoms. The minimum absolute atomic E-state index is 0.00702. The van der Waals surface area contributed by atoms with E-state index in [0.717, 1.165) is 10.9 Å². The van der Waals surface area contributed by atoms with Crippen LogP contribution in [0.4, 0.5) is 4.79 Å². The summed E-state index contributed by atoms with van der Waals surface area (Å²) in [6.07, 6.45) is -9.17. The molecule has 10 N–H and O–H groups in total. The zero-order valence-electron chi connectivity index (χ0n) is 37.3. The molecule has 3 aromatic rings. The van der Waals surface area contributed by atoms with Gasteiger partial charge in [-0.15, -0.1) is 0 Å². The number of H-pyrrole nitrogens is 1.